The summed E-state index contributed by atoms with van der Waals surface area (Å²) >= 11 is 1.58. The second kappa shape index (κ2) is 6.76. The largest absolute Gasteiger partial charge is 0.485 e. The molecule has 1 aliphatic carbocycles. The number of fused-ring (bicyclic) bond motifs is 1. The van der Waals surface area contributed by atoms with Gasteiger partial charge in [-0.15, -0.1) is 0 Å². The van der Waals surface area contributed by atoms with Crippen molar-refractivity contribution in [3.63, 3.8) is 0 Å². The molecule has 0 radical (unpaired) electrons. The van der Waals surface area contributed by atoms with E-state index in [1.807, 2.05) is 18.2 Å². The Morgan fingerprint density at radius 2 is 1.96 bits per heavy atom. The van der Waals surface area contributed by atoms with Gasteiger partial charge in [0, 0.05) is 5.38 Å². The zero-order valence-corrected chi connectivity index (χ0v) is 15.4. The molecule has 1 aromatic heterocycles. The molecular weight excluding hydrogens is 342 g/mol. The molecule has 0 saturated heterocycles. The SMILES string of the molecule is c1ccc(C2CCc3cc(Oc4nc(CC5CC5)cs4)ccc3O2)cc1. The fourth-order valence-corrected chi connectivity index (χ4v) is 4.18. The van der Waals surface area contributed by atoms with E-state index in [2.05, 4.69) is 40.7 Å². The summed E-state index contributed by atoms with van der Waals surface area (Å²) in [5, 5.41) is 2.86. The predicted molar refractivity (Wildman–Crippen MR) is 103 cm³/mol. The van der Waals surface area contributed by atoms with Crippen molar-refractivity contribution in [3.8, 4) is 16.7 Å². The first-order valence-electron chi connectivity index (χ1n) is 9.30. The minimum atomic E-state index is 0.138. The summed E-state index contributed by atoms with van der Waals surface area (Å²) in [7, 11) is 0. The molecule has 0 N–H and O–H groups in total. The molecule has 0 bridgehead atoms. The van der Waals surface area contributed by atoms with Crippen molar-refractivity contribution >= 4 is 11.3 Å². The van der Waals surface area contributed by atoms with Gasteiger partial charge in [0.2, 0.25) is 0 Å². The van der Waals surface area contributed by atoms with E-state index in [9.17, 15) is 0 Å². The third kappa shape index (κ3) is 3.47. The summed E-state index contributed by atoms with van der Waals surface area (Å²) in [5.41, 5.74) is 3.62. The minimum Gasteiger partial charge on any atom is -0.485 e. The van der Waals surface area contributed by atoms with Gasteiger partial charge in [-0.2, -0.15) is 0 Å². The molecule has 0 spiro atoms. The number of rotatable bonds is 5. The Labute approximate surface area is 157 Å². The van der Waals surface area contributed by atoms with Gasteiger partial charge < -0.3 is 9.47 Å². The average Bonchev–Trinajstić information content (AvgIpc) is 3.39. The lowest BCUT2D eigenvalue weighted by Crippen LogP contribution is -2.15. The first-order chi connectivity index (χ1) is 12.8. The van der Waals surface area contributed by atoms with Crippen molar-refractivity contribution in [1.82, 2.24) is 4.98 Å². The molecule has 1 atom stereocenters. The molecule has 5 rings (SSSR count). The maximum atomic E-state index is 6.21. The Bertz CT molecular complexity index is 902. The minimum absolute atomic E-state index is 0.138. The molecule has 26 heavy (non-hydrogen) atoms. The Kier molecular flexibility index (Phi) is 4.13. The van der Waals surface area contributed by atoms with Crippen LogP contribution in [0.4, 0.5) is 0 Å². The van der Waals surface area contributed by atoms with Crippen molar-refractivity contribution in [2.45, 2.75) is 38.2 Å². The second-order valence-electron chi connectivity index (χ2n) is 7.18. The van der Waals surface area contributed by atoms with E-state index in [0.717, 1.165) is 41.9 Å². The standard InChI is InChI=1S/C22H21NO2S/c1-2-4-16(5-3-1)20-10-8-17-13-19(9-11-21(17)25-20)24-22-23-18(14-26-22)12-15-6-7-15/h1-5,9,11,13-15,20H,6-8,10,12H2. The van der Waals surface area contributed by atoms with E-state index in [4.69, 9.17) is 9.47 Å². The lowest BCUT2D eigenvalue weighted by Gasteiger charge is -2.26. The Balaban J connectivity index is 1.28. The third-order valence-electron chi connectivity index (χ3n) is 5.08. The summed E-state index contributed by atoms with van der Waals surface area (Å²) in [6.07, 6.45) is 5.92. The van der Waals surface area contributed by atoms with Crippen LogP contribution in [-0.4, -0.2) is 4.98 Å². The maximum absolute atomic E-state index is 6.21. The van der Waals surface area contributed by atoms with Crippen LogP contribution in [0.25, 0.3) is 0 Å². The number of aryl methyl sites for hydroxylation is 1. The van der Waals surface area contributed by atoms with Crippen LogP contribution in [0.15, 0.2) is 53.9 Å². The number of benzene rings is 2. The predicted octanol–water partition coefficient (Wildman–Crippen LogP) is 5.95. The molecule has 1 aliphatic heterocycles. The van der Waals surface area contributed by atoms with E-state index >= 15 is 0 Å². The summed E-state index contributed by atoms with van der Waals surface area (Å²) < 4.78 is 12.2. The highest BCUT2D eigenvalue weighted by Gasteiger charge is 2.23. The van der Waals surface area contributed by atoms with Crippen molar-refractivity contribution in [3.05, 3.63) is 70.7 Å². The van der Waals surface area contributed by atoms with Gasteiger partial charge in [0.1, 0.15) is 17.6 Å². The van der Waals surface area contributed by atoms with Crippen LogP contribution >= 0.6 is 11.3 Å². The number of aromatic nitrogens is 1. The van der Waals surface area contributed by atoms with Crippen molar-refractivity contribution in [1.29, 1.82) is 0 Å². The molecule has 4 heteroatoms. The van der Waals surface area contributed by atoms with Crippen molar-refractivity contribution < 1.29 is 9.47 Å². The van der Waals surface area contributed by atoms with Crippen LogP contribution in [0.1, 0.15) is 42.2 Å². The number of nitrogens with zero attached hydrogens (tertiary/aromatic N) is 1. The number of hydrogen-bond donors (Lipinski definition) is 0. The van der Waals surface area contributed by atoms with Crippen LogP contribution in [0, 0.1) is 5.92 Å². The van der Waals surface area contributed by atoms with Gasteiger partial charge in [0.15, 0.2) is 0 Å². The molecule has 132 valence electrons. The van der Waals surface area contributed by atoms with Gasteiger partial charge in [-0.05, 0) is 67.3 Å². The molecule has 2 aliphatic rings. The summed E-state index contributed by atoms with van der Waals surface area (Å²) in [6.45, 7) is 0. The summed E-state index contributed by atoms with van der Waals surface area (Å²) in [4.78, 5) is 4.61. The second-order valence-corrected chi connectivity index (χ2v) is 8.00. The smallest absolute Gasteiger partial charge is 0.278 e. The normalized spacial score (nSPS) is 18.8. The van der Waals surface area contributed by atoms with Crippen LogP contribution in [-0.2, 0) is 12.8 Å². The zero-order chi connectivity index (χ0) is 17.3. The van der Waals surface area contributed by atoms with Crippen LogP contribution < -0.4 is 9.47 Å². The van der Waals surface area contributed by atoms with E-state index in [1.165, 1.54) is 29.7 Å². The van der Waals surface area contributed by atoms with Gasteiger partial charge in [0.25, 0.3) is 5.19 Å². The molecule has 3 aromatic rings. The molecule has 2 heterocycles. The monoisotopic (exact) mass is 363 g/mol. The first-order valence-corrected chi connectivity index (χ1v) is 10.2. The van der Waals surface area contributed by atoms with Gasteiger partial charge in [-0.3, -0.25) is 0 Å². The fourth-order valence-electron chi connectivity index (χ4n) is 3.48. The van der Waals surface area contributed by atoms with E-state index in [1.54, 1.807) is 11.3 Å². The van der Waals surface area contributed by atoms with Crippen molar-refractivity contribution in [2.24, 2.45) is 5.92 Å². The first kappa shape index (κ1) is 15.9. The van der Waals surface area contributed by atoms with Gasteiger partial charge >= 0.3 is 0 Å². The van der Waals surface area contributed by atoms with E-state index < -0.39 is 0 Å². The molecule has 1 saturated carbocycles. The van der Waals surface area contributed by atoms with Crippen LogP contribution in [0.5, 0.6) is 16.7 Å². The van der Waals surface area contributed by atoms with Gasteiger partial charge in [-0.1, -0.05) is 41.7 Å². The molecule has 1 fully saturated rings. The quantitative estimate of drug-likeness (QED) is 0.561. The van der Waals surface area contributed by atoms with Crippen LogP contribution in [0.2, 0.25) is 0 Å². The highest BCUT2D eigenvalue weighted by molar-refractivity contribution is 7.11. The van der Waals surface area contributed by atoms with Gasteiger partial charge in [-0.25, -0.2) is 4.98 Å². The number of thiazole rings is 1. The van der Waals surface area contributed by atoms with Gasteiger partial charge in [0.05, 0.1) is 5.69 Å². The van der Waals surface area contributed by atoms with Crippen LogP contribution in [0.3, 0.4) is 0 Å². The lowest BCUT2D eigenvalue weighted by molar-refractivity contribution is 0.176. The number of hydrogen-bond acceptors (Lipinski definition) is 4. The molecule has 1 unspecified atom stereocenters. The molecule has 0 amide bonds. The molecule has 3 nitrogen and oxygen atoms in total. The lowest BCUT2D eigenvalue weighted by atomic mass is 9.97. The number of ether oxygens (including phenoxy) is 2. The highest BCUT2D eigenvalue weighted by atomic mass is 32.1. The maximum Gasteiger partial charge on any atom is 0.278 e. The fraction of sp³-hybridized carbons (Fsp3) is 0.318. The van der Waals surface area contributed by atoms with E-state index in [0.29, 0.717) is 0 Å². The van der Waals surface area contributed by atoms with E-state index in [-0.39, 0.29) is 6.10 Å². The molecular formula is C22H21NO2S. The summed E-state index contributed by atoms with van der Waals surface area (Å²) in [5.74, 6) is 2.66. The van der Waals surface area contributed by atoms with Crippen molar-refractivity contribution in [2.75, 3.05) is 0 Å². The average molecular weight is 363 g/mol. The summed E-state index contributed by atoms with van der Waals surface area (Å²) in [6, 6.07) is 16.5. The Morgan fingerprint density at radius 1 is 1.08 bits per heavy atom. The third-order valence-corrected chi connectivity index (χ3v) is 5.85. The topological polar surface area (TPSA) is 31.4 Å². The Hall–Kier alpha value is -2.33. The zero-order valence-electron chi connectivity index (χ0n) is 14.6. The Morgan fingerprint density at radius 3 is 2.81 bits per heavy atom. The molecule has 2 aromatic carbocycles. The highest BCUT2D eigenvalue weighted by Crippen LogP contribution is 2.38.